The molecule has 0 saturated carbocycles. The molecule has 0 spiro atoms. The first-order valence-electron chi connectivity index (χ1n) is 10.5. The van der Waals surface area contributed by atoms with Crippen LogP contribution in [0.4, 0.5) is 0 Å². The van der Waals surface area contributed by atoms with E-state index in [1.807, 2.05) is 12.1 Å². The van der Waals surface area contributed by atoms with E-state index in [2.05, 4.69) is 52.3 Å². The Morgan fingerprint density at radius 2 is 1.88 bits per heavy atom. The van der Waals surface area contributed by atoms with Crippen molar-refractivity contribution in [2.24, 2.45) is 5.10 Å². The number of rotatable bonds is 8. The van der Waals surface area contributed by atoms with Crippen LogP contribution in [0.2, 0.25) is 10.0 Å². The van der Waals surface area contributed by atoms with Gasteiger partial charge in [-0.25, -0.2) is 5.43 Å². The lowest BCUT2D eigenvalue weighted by atomic mass is 10.1. The summed E-state index contributed by atoms with van der Waals surface area (Å²) < 4.78 is 7.89. The lowest BCUT2D eigenvalue weighted by Gasteiger charge is -2.07. The van der Waals surface area contributed by atoms with Gasteiger partial charge in [-0.05, 0) is 55.3 Å². The third-order valence-electron chi connectivity index (χ3n) is 5.22. The summed E-state index contributed by atoms with van der Waals surface area (Å²) in [5.74, 6) is 0.380. The third kappa shape index (κ3) is 4.90. The number of aromatic nitrogens is 1. The molecule has 1 heterocycles. The number of fused-ring (bicyclic) bond motifs is 3. The molecular formula is C25H23Cl2N3O2. The van der Waals surface area contributed by atoms with E-state index in [-0.39, 0.29) is 5.91 Å². The van der Waals surface area contributed by atoms with E-state index in [0.29, 0.717) is 35.2 Å². The van der Waals surface area contributed by atoms with E-state index in [4.69, 9.17) is 27.9 Å². The molecule has 0 saturated heterocycles. The van der Waals surface area contributed by atoms with Gasteiger partial charge in [-0.3, -0.25) is 4.79 Å². The normalized spacial score (nSPS) is 11.5. The molecule has 1 amide bonds. The molecule has 0 aliphatic carbocycles. The highest BCUT2D eigenvalue weighted by atomic mass is 35.5. The second-order valence-electron chi connectivity index (χ2n) is 7.36. The van der Waals surface area contributed by atoms with Crippen molar-refractivity contribution in [1.29, 1.82) is 0 Å². The van der Waals surface area contributed by atoms with Crippen molar-refractivity contribution in [2.45, 2.75) is 26.3 Å². The Bertz CT molecular complexity index is 1300. The van der Waals surface area contributed by atoms with Gasteiger partial charge in [0.1, 0.15) is 5.75 Å². The molecule has 1 N–H and O–H groups in total. The van der Waals surface area contributed by atoms with Crippen LogP contribution in [0.25, 0.3) is 21.8 Å². The molecule has 4 aromatic rings. The number of hydrogen-bond acceptors (Lipinski definition) is 3. The largest absolute Gasteiger partial charge is 0.492 e. The van der Waals surface area contributed by atoms with Gasteiger partial charge in [0.25, 0.3) is 0 Å². The molecule has 0 atom stereocenters. The zero-order valence-electron chi connectivity index (χ0n) is 17.6. The predicted octanol–water partition coefficient (Wildman–Crippen LogP) is 6.43. The molecular weight excluding hydrogens is 445 g/mol. The van der Waals surface area contributed by atoms with Crippen molar-refractivity contribution in [3.8, 4) is 5.75 Å². The number of para-hydroxylation sites is 1. The van der Waals surface area contributed by atoms with Crippen LogP contribution in [0.1, 0.15) is 25.3 Å². The van der Waals surface area contributed by atoms with Gasteiger partial charge in [0.2, 0.25) is 5.91 Å². The number of carbonyl (C=O) groups is 1. The number of aryl methyl sites for hydroxylation is 1. The van der Waals surface area contributed by atoms with Crippen LogP contribution in [-0.4, -0.2) is 23.3 Å². The average molecular weight is 468 g/mol. The van der Waals surface area contributed by atoms with Gasteiger partial charge >= 0.3 is 0 Å². The maximum atomic E-state index is 12.1. The fourth-order valence-electron chi connectivity index (χ4n) is 3.73. The summed E-state index contributed by atoms with van der Waals surface area (Å²) >= 11 is 11.9. The van der Waals surface area contributed by atoms with Gasteiger partial charge in [0.15, 0.2) is 0 Å². The smallest absolute Gasteiger partial charge is 0.240 e. The third-order valence-corrected chi connectivity index (χ3v) is 5.75. The number of benzene rings is 3. The van der Waals surface area contributed by atoms with E-state index in [1.54, 1.807) is 24.4 Å². The van der Waals surface area contributed by atoms with Crippen molar-refractivity contribution in [1.82, 2.24) is 9.99 Å². The molecule has 0 aliphatic heterocycles. The molecule has 0 unspecified atom stereocenters. The number of hydrazone groups is 1. The molecule has 1 aromatic heterocycles. The molecule has 7 heteroatoms. The van der Waals surface area contributed by atoms with Crippen LogP contribution >= 0.6 is 23.2 Å². The average Bonchev–Trinajstić information content (AvgIpc) is 3.11. The second kappa shape index (κ2) is 10.1. The maximum Gasteiger partial charge on any atom is 0.240 e. The summed E-state index contributed by atoms with van der Waals surface area (Å²) in [7, 11) is 0. The van der Waals surface area contributed by atoms with Crippen LogP contribution in [0.3, 0.4) is 0 Å². The molecule has 0 aliphatic rings. The summed E-state index contributed by atoms with van der Waals surface area (Å²) in [5.41, 5.74) is 5.91. The van der Waals surface area contributed by atoms with Gasteiger partial charge < -0.3 is 9.30 Å². The molecule has 0 radical (unpaired) electrons. The lowest BCUT2D eigenvalue weighted by Crippen LogP contribution is -2.18. The van der Waals surface area contributed by atoms with Crippen LogP contribution in [-0.2, 0) is 11.3 Å². The summed E-state index contributed by atoms with van der Waals surface area (Å²) in [5, 5.41) is 7.50. The Kier molecular flexibility index (Phi) is 6.98. The summed E-state index contributed by atoms with van der Waals surface area (Å²) in [6, 6.07) is 19.6. The van der Waals surface area contributed by atoms with Crippen LogP contribution in [0.15, 0.2) is 65.8 Å². The predicted molar refractivity (Wildman–Crippen MR) is 132 cm³/mol. The Hall–Kier alpha value is -3.02. The lowest BCUT2D eigenvalue weighted by molar-refractivity contribution is -0.121. The van der Waals surface area contributed by atoms with Gasteiger partial charge in [-0.1, -0.05) is 47.5 Å². The van der Waals surface area contributed by atoms with Crippen molar-refractivity contribution in [3.63, 3.8) is 0 Å². The maximum absolute atomic E-state index is 12.1. The van der Waals surface area contributed by atoms with E-state index >= 15 is 0 Å². The van der Waals surface area contributed by atoms with Crippen molar-refractivity contribution in [2.75, 3.05) is 6.61 Å². The van der Waals surface area contributed by atoms with Crippen molar-refractivity contribution < 1.29 is 9.53 Å². The summed E-state index contributed by atoms with van der Waals surface area (Å²) in [4.78, 5) is 12.1. The molecule has 4 rings (SSSR count). The minimum Gasteiger partial charge on any atom is -0.492 e. The van der Waals surface area contributed by atoms with Crippen LogP contribution in [0, 0.1) is 0 Å². The Labute approximate surface area is 196 Å². The van der Waals surface area contributed by atoms with E-state index in [1.165, 1.54) is 21.8 Å². The molecule has 32 heavy (non-hydrogen) atoms. The van der Waals surface area contributed by atoms with Crippen molar-refractivity contribution >= 4 is 57.1 Å². The Balaban J connectivity index is 1.32. The standard InChI is InChI=1S/C25H23Cl2N3O2/c1-2-30-22-7-4-3-6-19(22)20-14-17(9-11-23(20)30)16-28-29-25(31)8-5-13-32-24-12-10-18(26)15-21(24)27/h3-4,6-7,9-12,14-16H,2,5,8,13H2,1H3,(H,29,31)/b28-16+. The summed E-state index contributed by atoms with van der Waals surface area (Å²) in [6.45, 7) is 3.42. The quantitative estimate of drug-likeness (QED) is 0.184. The fraction of sp³-hybridized carbons (Fsp3) is 0.200. The number of hydrogen-bond donors (Lipinski definition) is 1. The monoisotopic (exact) mass is 467 g/mol. The number of carbonyl (C=O) groups excluding carboxylic acids is 1. The SMILES string of the molecule is CCn1c2ccccc2c2cc(/C=N/NC(=O)CCCOc3ccc(Cl)cc3Cl)ccc21. The highest BCUT2D eigenvalue weighted by Crippen LogP contribution is 2.29. The minimum atomic E-state index is -0.171. The first kappa shape index (κ1) is 22.2. The molecule has 5 nitrogen and oxygen atoms in total. The minimum absolute atomic E-state index is 0.171. The number of amides is 1. The van der Waals surface area contributed by atoms with E-state index in [0.717, 1.165) is 12.1 Å². The molecule has 0 bridgehead atoms. The first-order valence-corrected chi connectivity index (χ1v) is 11.2. The highest BCUT2D eigenvalue weighted by Gasteiger charge is 2.09. The van der Waals surface area contributed by atoms with E-state index in [9.17, 15) is 4.79 Å². The van der Waals surface area contributed by atoms with Crippen LogP contribution < -0.4 is 10.2 Å². The number of halogens is 2. The number of ether oxygens (including phenoxy) is 1. The summed E-state index contributed by atoms with van der Waals surface area (Å²) in [6.07, 6.45) is 2.51. The topological polar surface area (TPSA) is 55.6 Å². The Morgan fingerprint density at radius 1 is 1.06 bits per heavy atom. The fourth-order valence-corrected chi connectivity index (χ4v) is 4.20. The van der Waals surface area contributed by atoms with E-state index < -0.39 is 0 Å². The van der Waals surface area contributed by atoms with Crippen molar-refractivity contribution in [3.05, 3.63) is 76.3 Å². The second-order valence-corrected chi connectivity index (χ2v) is 8.20. The van der Waals surface area contributed by atoms with Crippen LogP contribution in [0.5, 0.6) is 5.75 Å². The first-order chi connectivity index (χ1) is 15.6. The Morgan fingerprint density at radius 3 is 2.69 bits per heavy atom. The zero-order chi connectivity index (χ0) is 22.5. The molecule has 164 valence electrons. The van der Waals surface area contributed by atoms with Gasteiger partial charge in [0, 0.05) is 39.8 Å². The molecule has 0 fully saturated rings. The van der Waals surface area contributed by atoms with Gasteiger partial charge in [-0.15, -0.1) is 0 Å². The number of nitrogens with zero attached hydrogens (tertiary/aromatic N) is 2. The van der Waals surface area contributed by atoms with Gasteiger partial charge in [-0.2, -0.15) is 5.10 Å². The highest BCUT2D eigenvalue weighted by molar-refractivity contribution is 6.35. The molecule has 3 aromatic carbocycles. The van der Waals surface area contributed by atoms with Gasteiger partial charge in [0.05, 0.1) is 17.8 Å². The zero-order valence-corrected chi connectivity index (χ0v) is 19.2. The number of nitrogens with one attached hydrogen (secondary N) is 1.